The first kappa shape index (κ1) is 17.3. The Bertz CT molecular complexity index is 931. The van der Waals surface area contributed by atoms with Crippen molar-refractivity contribution in [2.75, 3.05) is 10.6 Å². The van der Waals surface area contributed by atoms with Gasteiger partial charge in [0.1, 0.15) is 12.1 Å². The Labute approximate surface area is 149 Å². The highest BCUT2D eigenvalue weighted by Gasteiger charge is 2.23. The van der Waals surface area contributed by atoms with Crippen LogP contribution in [0.2, 0.25) is 0 Å². The van der Waals surface area contributed by atoms with E-state index in [2.05, 4.69) is 20.6 Å². The van der Waals surface area contributed by atoms with Crippen LogP contribution in [0.4, 0.5) is 33.1 Å². The first-order valence-corrected chi connectivity index (χ1v) is 7.95. The van der Waals surface area contributed by atoms with Crippen molar-refractivity contribution in [2.24, 2.45) is 0 Å². The predicted molar refractivity (Wildman–Crippen MR) is 97.5 cm³/mol. The molecule has 8 heteroatoms. The molecule has 0 aliphatic carbocycles. The fourth-order valence-electron chi connectivity index (χ4n) is 2.48. The Morgan fingerprint density at radius 2 is 1.69 bits per heavy atom. The number of rotatable bonds is 6. The molecule has 0 bridgehead atoms. The van der Waals surface area contributed by atoms with Crippen molar-refractivity contribution in [1.82, 2.24) is 9.97 Å². The molecular weight excluding hydrogens is 337 g/mol. The molecule has 1 heterocycles. The topological polar surface area (TPSA) is 93.0 Å². The zero-order valence-corrected chi connectivity index (χ0v) is 13.9. The highest BCUT2D eigenvalue weighted by molar-refractivity contribution is 5.77. The third-order valence-electron chi connectivity index (χ3n) is 3.76. The second kappa shape index (κ2) is 7.56. The highest BCUT2D eigenvalue weighted by atomic mass is 19.1. The number of aromatic nitrogens is 2. The van der Waals surface area contributed by atoms with E-state index in [0.717, 1.165) is 17.7 Å². The van der Waals surface area contributed by atoms with Crippen LogP contribution in [0, 0.1) is 15.9 Å². The Morgan fingerprint density at radius 1 is 1.04 bits per heavy atom. The third kappa shape index (κ3) is 3.75. The van der Waals surface area contributed by atoms with Crippen molar-refractivity contribution in [1.29, 1.82) is 0 Å². The molecule has 3 aromatic rings. The van der Waals surface area contributed by atoms with Gasteiger partial charge in [-0.15, -0.1) is 0 Å². The maximum absolute atomic E-state index is 13.0. The van der Waals surface area contributed by atoms with Crippen LogP contribution in [-0.4, -0.2) is 14.9 Å². The summed E-state index contributed by atoms with van der Waals surface area (Å²) in [7, 11) is 0. The van der Waals surface area contributed by atoms with Crippen molar-refractivity contribution in [2.45, 2.75) is 13.3 Å². The Hall–Kier alpha value is -3.55. The predicted octanol–water partition coefficient (Wildman–Crippen LogP) is 4.57. The minimum Gasteiger partial charge on any atom is -0.334 e. The monoisotopic (exact) mass is 353 g/mol. The molecule has 26 heavy (non-hydrogen) atoms. The van der Waals surface area contributed by atoms with Gasteiger partial charge in [-0.1, -0.05) is 25.1 Å². The van der Waals surface area contributed by atoms with Crippen LogP contribution < -0.4 is 10.6 Å². The smallest absolute Gasteiger partial charge is 0.334 e. The van der Waals surface area contributed by atoms with Gasteiger partial charge in [-0.05, 0) is 42.3 Å². The SMILES string of the molecule is CCc1ccccc1Nc1ncnc(Nc2ccc(F)cc2)c1[N+](=O)[O-]. The molecule has 1 aromatic heterocycles. The summed E-state index contributed by atoms with van der Waals surface area (Å²) in [6.07, 6.45) is 2.00. The molecule has 0 radical (unpaired) electrons. The van der Waals surface area contributed by atoms with Crippen LogP contribution in [0.15, 0.2) is 54.9 Å². The summed E-state index contributed by atoms with van der Waals surface area (Å²) in [4.78, 5) is 19.1. The van der Waals surface area contributed by atoms with Gasteiger partial charge in [-0.2, -0.15) is 0 Å². The summed E-state index contributed by atoms with van der Waals surface area (Å²) in [5.74, 6) is -0.296. The van der Waals surface area contributed by atoms with Gasteiger partial charge in [0.15, 0.2) is 0 Å². The fourth-order valence-corrected chi connectivity index (χ4v) is 2.48. The van der Waals surface area contributed by atoms with E-state index >= 15 is 0 Å². The lowest BCUT2D eigenvalue weighted by atomic mass is 10.1. The number of hydrogen-bond donors (Lipinski definition) is 2. The van der Waals surface area contributed by atoms with Gasteiger partial charge in [-0.25, -0.2) is 14.4 Å². The van der Waals surface area contributed by atoms with E-state index in [9.17, 15) is 14.5 Å². The van der Waals surface area contributed by atoms with Crippen LogP contribution in [0.25, 0.3) is 0 Å². The third-order valence-corrected chi connectivity index (χ3v) is 3.76. The number of halogens is 1. The molecule has 0 amide bonds. The summed E-state index contributed by atoms with van der Waals surface area (Å²) in [6, 6.07) is 13.0. The number of benzene rings is 2. The van der Waals surface area contributed by atoms with E-state index in [-0.39, 0.29) is 17.3 Å². The highest BCUT2D eigenvalue weighted by Crippen LogP contribution is 2.33. The standard InChI is InChI=1S/C18H16FN5O2/c1-2-12-5-3-4-6-15(12)23-18-16(24(25)26)17(20-11-21-18)22-14-9-7-13(19)8-10-14/h3-11H,2H2,1H3,(H2,20,21,22,23). The number of nitrogens with one attached hydrogen (secondary N) is 2. The molecule has 0 aliphatic rings. The van der Waals surface area contributed by atoms with Crippen LogP contribution in [0.5, 0.6) is 0 Å². The van der Waals surface area contributed by atoms with E-state index in [1.54, 1.807) is 0 Å². The van der Waals surface area contributed by atoms with E-state index in [0.29, 0.717) is 5.69 Å². The first-order chi connectivity index (χ1) is 12.6. The summed E-state index contributed by atoms with van der Waals surface area (Å²) in [5.41, 5.74) is 1.94. The number of hydrogen-bond acceptors (Lipinski definition) is 6. The van der Waals surface area contributed by atoms with Crippen molar-refractivity contribution in [3.63, 3.8) is 0 Å². The van der Waals surface area contributed by atoms with Crippen LogP contribution >= 0.6 is 0 Å². The van der Waals surface area contributed by atoms with Crippen molar-refractivity contribution in [3.8, 4) is 0 Å². The molecule has 0 saturated heterocycles. The number of anilines is 4. The van der Waals surface area contributed by atoms with Gasteiger partial charge >= 0.3 is 5.69 Å². The Morgan fingerprint density at radius 3 is 2.35 bits per heavy atom. The van der Waals surface area contributed by atoms with Crippen LogP contribution in [-0.2, 0) is 6.42 Å². The van der Waals surface area contributed by atoms with Gasteiger partial charge in [0.25, 0.3) is 0 Å². The van der Waals surface area contributed by atoms with Gasteiger partial charge < -0.3 is 10.6 Å². The van der Waals surface area contributed by atoms with Gasteiger partial charge in [0.2, 0.25) is 11.6 Å². The molecule has 0 unspecified atom stereocenters. The van der Waals surface area contributed by atoms with Crippen LogP contribution in [0.3, 0.4) is 0 Å². The van der Waals surface area contributed by atoms with E-state index in [1.165, 1.54) is 30.6 Å². The molecule has 0 aliphatic heterocycles. The van der Waals surface area contributed by atoms with Gasteiger partial charge in [-0.3, -0.25) is 10.1 Å². The molecule has 0 atom stereocenters. The molecule has 132 valence electrons. The summed E-state index contributed by atoms with van der Waals surface area (Å²) < 4.78 is 13.0. The number of nitro groups is 1. The summed E-state index contributed by atoms with van der Waals surface area (Å²) in [5, 5.41) is 17.5. The summed E-state index contributed by atoms with van der Waals surface area (Å²) >= 11 is 0. The molecule has 0 spiro atoms. The fraction of sp³-hybridized carbons (Fsp3) is 0.111. The van der Waals surface area contributed by atoms with Gasteiger partial charge in [0, 0.05) is 11.4 Å². The van der Waals surface area contributed by atoms with E-state index < -0.39 is 10.7 Å². The number of nitrogens with zero attached hydrogens (tertiary/aromatic N) is 3. The molecule has 3 rings (SSSR count). The van der Waals surface area contributed by atoms with E-state index in [4.69, 9.17) is 0 Å². The van der Waals surface area contributed by atoms with Crippen LogP contribution in [0.1, 0.15) is 12.5 Å². The second-order valence-electron chi connectivity index (χ2n) is 5.44. The lowest BCUT2D eigenvalue weighted by molar-refractivity contribution is -0.383. The molecule has 0 fully saturated rings. The lowest BCUT2D eigenvalue weighted by Gasteiger charge is -2.12. The number of para-hydroxylation sites is 1. The minimum absolute atomic E-state index is 0.0214. The maximum Gasteiger partial charge on any atom is 0.353 e. The van der Waals surface area contributed by atoms with E-state index in [1.807, 2.05) is 31.2 Å². The molecule has 2 aromatic carbocycles. The normalized spacial score (nSPS) is 10.4. The largest absolute Gasteiger partial charge is 0.353 e. The zero-order chi connectivity index (χ0) is 18.5. The second-order valence-corrected chi connectivity index (χ2v) is 5.44. The molecule has 0 saturated carbocycles. The Kier molecular flexibility index (Phi) is 5.02. The lowest BCUT2D eigenvalue weighted by Crippen LogP contribution is -2.06. The summed E-state index contributed by atoms with van der Waals surface area (Å²) in [6.45, 7) is 2.00. The van der Waals surface area contributed by atoms with Crippen molar-refractivity contribution < 1.29 is 9.31 Å². The molecule has 2 N–H and O–H groups in total. The minimum atomic E-state index is -0.553. The quantitative estimate of drug-likeness (QED) is 0.498. The Balaban J connectivity index is 1.98. The van der Waals surface area contributed by atoms with Crippen molar-refractivity contribution in [3.05, 3.63) is 76.4 Å². The van der Waals surface area contributed by atoms with Gasteiger partial charge in [0.05, 0.1) is 4.92 Å². The molecule has 7 nitrogen and oxygen atoms in total. The molecular formula is C18H16FN5O2. The average Bonchev–Trinajstić information content (AvgIpc) is 2.64. The van der Waals surface area contributed by atoms with Crippen molar-refractivity contribution >= 4 is 28.7 Å². The zero-order valence-electron chi connectivity index (χ0n) is 13.9. The average molecular weight is 353 g/mol. The maximum atomic E-state index is 13.0. The first-order valence-electron chi connectivity index (χ1n) is 7.95. The number of aryl methyl sites for hydroxylation is 1.